The van der Waals surface area contributed by atoms with Gasteiger partial charge in [0.25, 0.3) is 5.91 Å². The van der Waals surface area contributed by atoms with E-state index >= 15 is 0 Å². The summed E-state index contributed by atoms with van der Waals surface area (Å²) in [6.07, 6.45) is 4.81. The van der Waals surface area contributed by atoms with Crippen molar-refractivity contribution in [2.24, 2.45) is 0 Å². The lowest BCUT2D eigenvalue weighted by Crippen LogP contribution is -2.58. The molecule has 3 aliphatic rings. The lowest BCUT2D eigenvalue weighted by molar-refractivity contribution is -0.135. The smallest absolute Gasteiger partial charge is 0.327 e. The third-order valence-corrected chi connectivity index (χ3v) is 6.72. The standard InChI is InChI=1S/C21H29N3O3/c1-22-19(25)21(24(20(22)26)13-14-27-2)9-11-23(12-10-21)18-8-7-16-5-3-4-6-17(16)15-18/h3-6,18H,7-15H2,1-2H3. The van der Waals surface area contributed by atoms with Crippen LogP contribution in [-0.2, 0) is 22.4 Å². The normalized spacial score (nSPS) is 25.3. The molecule has 2 saturated heterocycles. The van der Waals surface area contributed by atoms with Crippen molar-refractivity contribution in [1.82, 2.24) is 14.7 Å². The Morgan fingerprint density at radius 3 is 2.56 bits per heavy atom. The Morgan fingerprint density at radius 1 is 1.15 bits per heavy atom. The van der Waals surface area contributed by atoms with Gasteiger partial charge in [-0.25, -0.2) is 4.79 Å². The van der Waals surface area contributed by atoms with Crippen LogP contribution in [0.4, 0.5) is 4.79 Å². The van der Waals surface area contributed by atoms with Crippen molar-refractivity contribution in [2.75, 3.05) is 40.4 Å². The van der Waals surface area contributed by atoms with Crippen LogP contribution in [0.25, 0.3) is 0 Å². The fourth-order valence-corrected chi connectivity index (χ4v) is 5.10. The number of hydrogen-bond acceptors (Lipinski definition) is 4. The lowest BCUT2D eigenvalue weighted by atomic mass is 9.82. The van der Waals surface area contributed by atoms with Crippen LogP contribution in [0.15, 0.2) is 24.3 Å². The first-order chi connectivity index (χ1) is 13.1. The summed E-state index contributed by atoms with van der Waals surface area (Å²) in [6, 6.07) is 9.08. The molecule has 4 rings (SSSR count). The monoisotopic (exact) mass is 371 g/mol. The zero-order valence-electron chi connectivity index (χ0n) is 16.3. The van der Waals surface area contributed by atoms with Crippen LogP contribution in [-0.4, -0.2) is 78.6 Å². The number of fused-ring (bicyclic) bond motifs is 1. The van der Waals surface area contributed by atoms with Gasteiger partial charge >= 0.3 is 6.03 Å². The first kappa shape index (κ1) is 18.4. The predicted octanol–water partition coefficient (Wildman–Crippen LogP) is 1.92. The van der Waals surface area contributed by atoms with E-state index in [1.165, 1.54) is 22.4 Å². The molecule has 27 heavy (non-hydrogen) atoms. The van der Waals surface area contributed by atoms with Crippen LogP contribution in [0.5, 0.6) is 0 Å². The molecule has 0 aromatic heterocycles. The lowest BCUT2D eigenvalue weighted by Gasteiger charge is -2.45. The Morgan fingerprint density at radius 2 is 1.85 bits per heavy atom. The maximum absolute atomic E-state index is 12.9. The highest BCUT2D eigenvalue weighted by atomic mass is 16.5. The third-order valence-electron chi connectivity index (χ3n) is 6.72. The van der Waals surface area contributed by atoms with Crippen LogP contribution < -0.4 is 0 Å². The number of ether oxygens (including phenoxy) is 1. The maximum Gasteiger partial charge on any atom is 0.327 e. The zero-order chi connectivity index (χ0) is 19.0. The molecule has 1 aliphatic carbocycles. The third kappa shape index (κ3) is 3.05. The second-order valence-electron chi connectivity index (χ2n) is 8.02. The largest absolute Gasteiger partial charge is 0.383 e. The van der Waals surface area contributed by atoms with Gasteiger partial charge in [-0.1, -0.05) is 24.3 Å². The molecule has 1 aromatic rings. The Bertz CT molecular complexity index is 727. The summed E-state index contributed by atoms with van der Waals surface area (Å²) in [4.78, 5) is 31.1. The first-order valence-corrected chi connectivity index (χ1v) is 9.96. The van der Waals surface area contributed by atoms with Crippen molar-refractivity contribution in [2.45, 2.75) is 43.7 Å². The van der Waals surface area contributed by atoms with Crippen molar-refractivity contribution in [3.05, 3.63) is 35.4 Å². The van der Waals surface area contributed by atoms with Gasteiger partial charge in [0.05, 0.1) is 6.61 Å². The number of urea groups is 1. The van der Waals surface area contributed by atoms with Crippen LogP contribution in [0.2, 0.25) is 0 Å². The molecule has 1 spiro atoms. The van der Waals surface area contributed by atoms with Gasteiger partial charge < -0.3 is 9.64 Å². The van der Waals surface area contributed by atoms with E-state index in [9.17, 15) is 9.59 Å². The summed E-state index contributed by atoms with van der Waals surface area (Å²) in [6.45, 7) is 2.66. The van der Waals surface area contributed by atoms with Gasteiger partial charge in [0.1, 0.15) is 5.54 Å². The molecular formula is C21H29N3O3. The van der Waals surface area contributed by atoms with Crippen molar-refractivity contribution >= 4 is 11.9 Å². The molecule has 146 valence electrons. The van der Waals surface area contributed by atoms with Gasteiger partial charge in [-0.05, 0) is 43.2 Å². The summed E-state index contributed by atoms with van der Waals surface area (Å²) >= 11 is 0. The second kappa shape index (κ2) is 7.24. The van der Waals surface area contributed by atoms with Crippen LogP contribution in [0.1, 0.15) is 30.4 Å². The number of amides is 3. The number of nitrogens with zero attached hydrogens (tertiary/aromatic N) is 3. The molecule has 1 unspecified atom stereocenters. The number of carbonyl (C=O) groups excluding carboxylic acids is 2. The number of methoxy groups -OCH3 is 1. The van der Waals surface area contributed by atoms with E-state index in [2.05, 4.69) is 29.2 Å². The minimum atomic E-state index is -0.673. The fourth-order valence-electron chi connectivity index (χ4n) is 5.10. The molecule has 2 fully saturated rings. The van der Waals surface area contributed by atoms with E-state index in [1.54, 1.807) is 19.1 Å². The Balaban J connectivity index is 1.46. The molecule has 3 amide bonds. The number of aryl methyl sites for hydroxylation is 1. The highest BCUT2D eigenvalue weighted by Crippen LogP contribution is 2.38. The van der Waals surface area contributed by atoms with E-state index in [-0.39, 0.29) is 11.9 Å². The van der Waals surface area contributed by atoms with Gasteiger partial charge in [-0.2, -0.15) is 0 Å². The molecule has 0 saturated carbocycles. The molecule has 6 heteroatoms. The number of likely N-dealkylation sites (tertiary alicyclic amines) is 1. The number of carbonyl (C=O) groups is 2. The van der Waals surface area contributed by atoms with E-state index in [4.69, 9.17) is 4.74 Å². The molecule has 1 atom stereocenters. The molecule has 0 bridgehead atoms. The molecule has 2 heterocycles. The van der Waals surface area contributed by atoms with Crippen LogP contribution >= 0.6 is 0 Å². The summed E-state index contributed by atoms with van der Waals surface area (Å²) in [5.41, 5.74) is 2.27. The molecule has 0 radical (unpaired) electrons. The maximum atomic E-state index is 12.9. The van der Waals surface area contributed by atoms with Gasteiger partial charge in [-0.15, -0.1) is 0 Å². The van der Waals surface area contributed by atoms with Crippen molar-refractivity contribution in [1.29, 1.82) is 0 Å². The number of hydrogen-bond donors (Lipinski definition) is 0. The van der Waals surface area contributed by atoms with E-state index in [0.29, 0.717) is 32.0 Å². The van der Waals surface area contributed by atoms with Gasteiger partial charge in [-0.3, -0.25) is 14.6 Å². The van der Waals surface area contributed by atoms with E-state index in [1.807, 2.05) is 0 Å². The van der Waals surface area contributed by atoms with Crippen molar-refractivity contribution in [3.63, 3.8) is 0 Å². The average Bonchev–Trinajstić information content (AvgIpc) is 2.88. The SMILES string of the molecule is COCCN1C(=O)N(C)C(=O)C12CCN(C1CCc3ccccc3C1)CC2. The highest BCUT2D eigenvalue weighted by Gasteiger charge is 2.56. The zero-order valence-corrected chi connectivity index (χ0v) is 16.3. The average molecular weight is 371 g/mol. The highest BCUT2D eigenvalue weighted by molar-refractivity contribution is 6.06. The van der Waals surface area contributed by atoms with Crippen LogP contribution in [0.3, 0.4) is 0 Å². The van der Waals surface area contributed by atoms with E-state index < -0.39 is 5.54 Å². The molecule has 2 aliphatic heterocycles. The fraction of sp³-hybridized carbons (Fsp3) is 0.619. The second-order valence-corrected chi connectivity index (χ2v) is 8.02. The summed E-state index contributed by atoms with van der Waals surface area (Å²) < 4.78 is 5.17. The van der Waals surface area contributed by atoms with Gasteiger partial charge in [0, 0.05) is 39.8 Å². The predicted molar refractivity (Wildman–Crippen MR) is 103 cm³/mol. The molecule has 6 nitrogen and oxygen atoms in total. The number of likely N-dealkylation sites (N-methyl/N-ethyl adjacent to an activating group) is 1. The van der Waals surface area contributed by atoms with Crippen molar-refractivity contribution < 1.29 is 14.3 Å². The first-order valence-electron chi connectivity index (χ1n) is 9.96. The Labute approximate surface area is 161 Å². The molecular weight excluding hydrogens is 342 g/mol. The summed E-state index contributed by atoms with van der Waals surface area (Å²) in [7, 11) is 3.23. The molecule has 1 aromatic carbocycles. The minimum Gasteiger partial charge on any atom is -0.383 e. The number of rotatable bonds is 4. The quantitative estimate of drug-likeness (QED) is 0.759. The number of piperidine rings is 1. The molecule has 0 N–H and O–H groups in total. The minimum absolute atomic E-state index is 0.0442. The summed E-state index contributed by atoms with van der Waals surface area (Å²) in [5, 5.41) is 0. The van der Waals surface area contributed by atoms with Gasteiger partial charge in [0.15, 0.2) is 0 Å². The summed E-state index contributed by atoms with van der Waals surface area (Å²) in [5.74, 6) is -0.0442. The van der Waals surface area contributed by atoms with Gasteiger partial charge in [0.2, 0.25) is 0 Å². The Kier molecular flexibility index (Phi) is 4.95. The number of benzene rings is 1. The van der Waals surface area contributed by atoms with Crippen LogP contribution in [0, 0.1) is 0 Å². The van der Waals surface area contributed by atoms with E-state index in [0.717, 1.165) is 25.9 Å². The number of imide groups is 1. The Hall–Kier alpha value is -1.92. The van der Waals surface area contributed by atoms with Crippen molar-refractivity contribution in [3.8, 4) is 0 Å². The topological polar surface area (TPSA) is 53.1 Å².